The van der Waals surface area contributed by atoms with Gasteiger partial charge >= 0.3 is 0 Å². The zero-order chi connectivity index (χ0) is 27.5. The molecular weight excluding hydrogens is 491 g/mol. The normalized spacial score (nSPS) is 11.2. The fourth-order valence-electron chi connectivity index (χ4n) is 4.62. The van der Waals surface area contributed by atoms with Crippen molar-refractivity contribution in [3.05, 3.63) is 119 Å². The van der Waals surface area contributed by atoms with Crippen molar-refractivity contribution in [2.45, 2.75) is 20.3 Å². The molecule has 0 saturated heterocycles. The molecule has 0 aliphatic rings. The van der Waals surface area contributed by atoms with E-state index in [4.69, 9.17) is 5.73 Å². The van der Waals surface area contributed by atoms with E-state index in [2.05, 4.69) is 24.1 Å². The number of carbonyl (C=O) groups excluding carboxylic acids is 2. The Morgan fingerprint density at radius 3 is 2.33 bits per heavy atom. The summed E-state index contributed by atoms with van der Waals surface area (Å²) in [5, 5.41) is 3.04. The summed E-state index contributed by atoms with van der Waals surface area (Å²) in [5.74, 6) is -0.788. The Bertz CT molecular complexity index is 1660. The van der Waals surface area contributed by atoms with Gasteiger partial charge in [-0.2, -0.15) is 0 Å². The number of halogens is 1. The van der Waals surface area contributed by atoms with Gasteiger partial charge in [0, 0.05) is 23.9 Å². The number of benzene rings is 3. The molecule has 0 unspecified atom stereocenters. The number of aromatic nitrogens is 2. The topological polar surface area (TPSA) is 89.5 Å². The number of nitrogens with one attached hydrogen (secondary N) is 1. The largest absolute Gasteiger partial charge is 0.364 e. The third kappa shape index (κ3) is 5.57. The van der Waals surface area contributed by atoms with E-state index in [1.165, 1.54) is 12.1 Å². The van der Waals surface area contributed by atoms with Crippen molar-refractivity contribution >= 4 is 17.5 Å². The maximum absolute atomic E-state index is 13.5. The summed E-state index contributed by atoms with van der Waals surface area (Å²) in [6.07, 6.45) is 2.36. The molecular formula is C32H29FN4O2. The highest BCUT2D eigenvalue weighted by Gasteiger charge is 2.19. The second kappa shape index (κ2) is 10.9. The first-order valence-corrected chi connectivity index (χ1v) is 12.8. The van der Waals surface area contributed by atoms with Crippen LogP contribution in [0.2, 0.25) is 0 Å². The van der Waals surface area contributed by atoms with E-state index in [1.54, 1.807) is 16.5 Å². The molecule has 196 valence electrons. The molecule has 0 aliphatic heterocycles. The van der Waals surface area contributed by atoms with Crippen LogP contribution >= 0.6 is 0 Å². The number of nitrogens with zero attached hydrogens (tertiary/aromatic N) is 2. The molecule has 0 fully saturated rings. The number of amides is 2. The lowest BCUT2D eigenvalue weighted by molar-refractivity contribution is 0.0948. The molecule has 2 amide bonds. The first-order valence-electron chi connectivity index (χ1n) is 12.8. The van der Waals surface area contributed by atoms with E-state index in [0.29, 0.717) is 41.4 Å². The molecule has 0 bridgehead atoms. The van der Waals surface area contributed by atoms with Crippen LogP contribution in [0.1, 0.15) is 45.8 Å². The van der Waals surface area contributed by atoms with E-state index < -0.39 is 5.91 Å². The van der Waals surface area contributed by atoms with E-state index in [9.17, 15) is 14.0 Å². The molecule has 3 N–H and O–H groups in total. The minimum atomic E-state index is -0.629. The average Bonchev–Trinajstić information content (AvgIpc) is 3.31. The van der Waals surface area contributed by atoms with Gasteiger partial charge in [-0.05, 0) is 71.0 Å². The lowest BCUT2D eigenvalue weighted by atomic mass is 9.95. The highest BCUT2D eigenvalue weighted by Crippen LogP contribution is 2.28. The second-order valence-electron chi connectivity index (χ2n) is 9.97. The van der Waals surface area contributed by atoms with Gasteiger partial charge in [-0.3, -0.25) is 14.0 Å². The number of carbonyl (C=O) groups is 2. The van der Waals surface area contributed by atoms with E-state index >= 15 is 0 Å². The van der Waals surface area contributed by atoms with Crippen molar-refractivity contribution in [2.75, 3.05) is 6.54 Å². The predicted octanol–water partition coefficient (Wildman–Crippen LogP) is 5.88. The lowest BCUT2D eigenvalue weighted by Gasteiger charge is -2.14. The first kappa shape index (κ1) is 25.9. The first-order chi connectivity index (χ1) is 18.8. The molecule has 6 nitrogen and oxygen atoms in total. The Hall–Kier alpha value is -4.78. The Labute approximate surface area is 226 Å². The third-order valence-electron chi connectivity index (χ3n) is 6.52. The van der Waals surface area contributed by atoms with Crippen LogP contribution in [-0.4, -0.2) is 27.7 Å². The van der Waals surface area contributed by atoms with Gasteiger partial charge < -0.3 is 11.1 Å². The SMILES string of the molecule is CC(C)CNC(=O)c1cc(Cc2ccc3nc(-c4ccc(F)cc4)c(C(N)=O)n3c2)ccc1-c1ccccc1. The number of nitrogens with two attached hydrogens (primary N) is 1. The molecule has 0 atom stereocenters. The molecule has 3 aromatic carbocycles. The number of hydrogen-bond acceptors (Lipinski definition) is 3. The van der Waals surface area contributed by atoms with Crippen LogP contribution in [0.25, 0.3) is 28.0 Å². The summed E-state index contributed by atoms with van der Waals surface area (Å²) in [6, 6.07) is 25.3. The highest BCUT2D eigenvalue weighted by atomic mass is 19.1. The highest BCUT2D eigenvalue weighted by molar-refractivity contribution is 6.01. The Balaban J connectivity index is 1.52. The molecule has 2 heterocycles. The summed E-state index contributed by atoms with van der Waals surface area (Å²) in [6.45, 7) is 4.70. The number of rotatable bonds is 8. The summed E-state index contributed by atoms with van der Waals surface area (Å²) in [7, 11) is 0. The van der Waals surface area contributed by atoms with Gasteiger partial charge in [-0.15, -0.1) is 0 Å². The standard InChI is InChI=1S/C32H29FN4O2/c1-20(2)18-35-32(39)27-17-21(8-14-26(27)23-6-4-3-5-7-23)16-22-9-15-28-36-29(24-10-12-25(33)13-11-24)30(31(34)38)37(28)19-22/h3-15,17,19-20H,16,18H2,1-2H3,(H2,34,38)(H,35,39). The fraction of sp³-hybridized carbons (Fsp3) is 0.156. The number of fused-ring (bicyclic) bond motifs is 1. The predicted molar refractivity (Wildman–Crippen MR) is 151 cm³/mol. The van der Waals surface area contributed by atoms with Gasteiger partial charge in [0.25, 0.3) is 11.8 Å². The molecule has 7 heteroatoms. The van der Waals surface area contributed by atoms with Crippen molar-refractivity contribution in [3.8, 4) is 22.4 Å². The third-order valence-corrected chi connectivity index (χ3v) is 6.52. The Morgan fingerprint density at radius 2 is 1.64 bits per heavy atom. The van der Waals surface area contributed by atoms with Crippen molar-refractivity contribution in [1.29, 1.82) is 0 Å². The summed E-state index contributed by atoms with van der Waals surface area (Å²) >= 11 is 0. The molecule has 5 aromatic rings. The van der Waals surface area contributed by atoms with Gasteiger partial charge in [0.2, 0.25) is 0 Å². The maximum atomic E-state index is 13.5. The molecule has 0 saturated carbocycles. The van der Waals surface area contributed by atoms with Crippen molar-refractivity contribution < 1.29 is 14.0 Å². The molecule has 2 aromatic heterocycles. The number of primary amides is 1. The van der Waals surface area contributed by atoms with Crippen LogP contribution in [0, 0.1) is 11.7 Å². The molecule has 0 spiro atoms. The van der Waals surface area contributed by atoms with Gasteiger partial charge in [0.1, 0.15) is 22.9 Å². The molecule has 39 heavy (non-hydrogen) atoms. The van der Waals surface area contributed by atoms with Gasteiger partial charge in [-0.25, -0.2) is 9.37 Å². The van der Waals surface area contributed by atoms with Crippen molar-refractivity contribution in [2.24, 2.45) is 11.7 Å². The average molecular weight is 521 g/mol. The van der Waals surface area contributed by atoms with Crippen LogP contribution in [-0.2, 0) is 6.42 Å². The summed E-state index contributed by atoms with van der Waals surface area (Å²) in [4.78, 5) is 30.2. The van der Waals surface area contributed by atoms with Crippen LogP contribution in [0.5, 0.6) is 0 Å². The lowest BCUT2D eigenvalue weighted by Crippen LogP contribution is -2.27. The number of hydrogen-bond donors (Lipinski definition) is 2. The smallest absolute Gasteiger partial charge is 0.268 e. The van der Waals surface area contributed by atoms with Crippen LogP contribution in [0.3, 0.4) is 0 Å². The molecule has 5 rings (SSSR count). The fourth-order valence-corrected chi connectivity index (χ4v) is 4.62. The zero-order valence-corrected chi connectivity index (χ0v) is 21.8. The van der Waals surface area contributed by atoms with Gasteiger partial charge in [0.15, 0.2) is 0 Å². The van der Waals surface area contributed by atoms with Crippen molar-refractivity contribution in [3.63, 3.8) is 0 Å². The minimum Gasteiger partial charge on any atom is -0.364 e. The maximum Gasteiger partial charge on any atom is 0.268 e. The van der Waals surface area contributed by atoms with Gasteiger partial charge in [0.05, 0.1) is 0 Å². The van der Waals surface area contributed by atoms with Gasteiger partial charge in [-0.1, -0.05) is 62.4 Å². The Morgan fingerprint density at radius 1 is 0.923 bits per heavy atom. The quantitative estimate of drug-likeness (QED) is 0.268. The van der Waals surface area contributed by atoms with E-state index in [1.807, 2.05) is 66.9 Å². The summed E-state index contributed by atoms with van der Waals surface area (Å²) < 4.78 is 15.1. The van der Waals surface area contributed by atoms with E-state index in [-0.39, 0.29) is 17.4 Å². The minimum absolute atomic E-state index is 0.116. The molecule has 0 aliphatic carbocycles. The number of imidazole rings is 1. The van der Waals surface area contributed by atoms with Crippen LogP contribution in [0.4, 0.5) is 4.39 Å². The van der Waals surface area contributed by atoms with Crippen LogP contribution < -0.4 is 11.1 Å². The molecule has 0 radical (unpaired) electrons. The zero-order valence-electron chi connectivity index (χ0n) is 21.8. The summed E-state index contributed by atoms with van der Waals surface area (Å²) in [5.41, 5.74) is 11.8. The van der Waals surface area contributed by atoms with Crippen LogP contribution in [0.15, 0.2) is 91.1 Å². The number of pyridine rings is 1. The van der Waals surface area contributed by atoms with E-state index in [0.717, 1.165) is 22.3 Å². The van der Waals surface area contributed by atoms with Crippen molar-refractivity contribution in [1.82, 2.24) is 14.7 Å². The monoisotopic (exact) mass is 520 g/mol. The Kier molecular flexibility index (Phi) is 7.23. The second-order valence-corrected chi connectivity index (χ2v) is 9.97.